The summed E-state index contributed by atoms with van der Waals surface area (Å²) in [5, 5.41) is 9.54. The fourth-order valence-corrected chi connectivity index (χ4v) is 1.06. The first-order chi connectivity index (χ1) is 8.09. The molecule has 4 heteroatoms. The maximum Gasteiger partial charge on any atom is 0.193 e. The van der Waals surface area contributed by atoms with Crippen molar-refractivity contribution in [1.82, 2.24) is 0 Å². The van der Waals surface area contributed by atoms with Crippen LogP contribution in [-0.2, 0) is 9.53 Å². The van der Waals surface area contributed by atoms with Crippen molar-refractivity contribution in [1.29, 1.82) is 0 Å². The third-order valence-corrected chi connectivity index (χ3v) is 2.03. The molecule has 1 rings (SSSR count). The molecular weight excluding hydrogens is 220 g/mol. The molecule has 0 aliphatic heterocycles. The fraction of sp³-hybridized carbons (Fsp3) is 0.308. The Bertz CT molecular complexity index is 372. The van der Waals surface area contributed by atoms with E-state index in [0.717, 1.165) is 0 Å². The van der Waals surface area contributed by atoms with E-state index >= 15 is 0 Å². The van der Waals surface area contributed by atoms with Crippen LogP contribution in [0.25, 0.3) is 0 Å². The molecule has 1 aromatic carbocycles. The largest absolute Gasteiger partial charge is 0.491 e. The van der Waals surface area contributed by atoms with Crippen LogP contribution in [0.15, 0.2) is 42.7 Å². The van der Waals surface area contributed by atoms with Crippen molar-refractivity contribution >= 4 is 5.78 Å². The molecule has 1 N–H and O–H groups in total. The molecule has 17 heavy (non-hydrogen) atoms. The van der Waals surface area contributed by atoms with Gasteiger partial charge in [-0.3, -0.25) is 4.79 Å². The molecule has 0 bridgehead atoms. The molecule has 0 fully saturated rings. The third-order valence-electron chi connectivity index (χ3n) is 2.03. The highest BCUT2D eigenvalue weighted by atomic mass is 16.5. The maximum absolute atomic E-state index is 10.8. The van der Waals surface area contributed by atoms with E-state index in [-0.39, 0.29) is 24.8 Å². The highest BCUT2D eigenvalue weighted by Crippen LogP contribution is 2.08. The van der Waals surface area contributed by atoms with Crippen molar-refractivity contribution < 1.29 is 19.4 Å². The number of hydrogen-bond acceptors (Lipinski definition) is 4. The van der Waals surface area contributed by atoms with Crippen molar-refractivity contribution in [3.05, 3.63) is 42.7 Å². The highest BCUT2D eigenvalue weighted by molar-refractivity contribution is 5.90. The molecule has 4 nitrogen and oxygen atoms in total. The van der Waals surface area contributed by atoms with Crippen molar-refractivity contribution in [2.45, 2.75) is 13.0 Å². The summed E-state index contributed by atoms with van der Waals surface area (Å²) in [4.78, 5) is 10.8. The number of carbonyl (C=O) groups is 1. The first-order valence-electron chi connectivity index (χ1n) is 5.28. The highest BCUT2D eigenvalue weighted by Gasteiger charge is 2.08. The molecule has 1 atom stereocenters. The Hall–Kier alpha value is -1.81. The molecule has 92 valence electrons. The number of carbonyl (C=O) groups excluding carboxylic acids is 1. The lowest BCUT2D eigenvalue weighted by molar-refractivity contribution is -0.117. The molecule has 0 saturated heterocycles. The molecule has 0 aliphatic rings. The summed E-state index contributed by atoms with van der Waals surface area (Å²) in [6, 6.07) is 9.15. The minimum atomic E-state index is -0.800. The molecule has 0 saturated carbocycles. The third kappa shape index (κ3) is 5.17. The van der Waals surface area contributed by atoms with Gasteiger partial charge < -0.3 is 14.6 Å². The smallest absolute Gasteiger partial charge is 0.193 e. The van der Waals surface area contributed by atoms with Crippen LogP contribution < -0.4 is 4.74 Å². The van der Waals surface area contributed by atoms with E-state index in [1.54, 1.807) is 12.1 Å². The molecule has 0 amide bonds. The number of para-hydroxylation sites is 1. The zero-order valence-corrected chi connectivity index (χ0v) is 9.76. The lowest BCUT2D eigenvalue weighted by Crippen LogP contribution is -2.24. The van der Waals surface area contributed by atoms with E-state index in [2.05, 4.69) is 6.58 Å². The number of allylic oxidation sites excluding steroid dienone is 1. The summed E-state index contributed by atoms with van der Waals surface area (Å²) >= 11 is 0. The Balaban J connectivity index is 2.24. The Kier molecular flexibility index (Phi) is 5.23. The minimum Gasteiger partial charge on any atom is -0.491 e. The van der Waals surface area contributed by atoms with Gasteiger partial charge in [0.1, 0.15) is 25.1 Å². The van der Waals surface area contributed by atoms with Gasteiger partial charge in [0.05, 0.1) is 0 Å². The number of ketones is 1. The molecule has 0 spiro atoms. The Morgan fingerprint density at radius 2 is 2.00 bits per heavy atom. The SMILES string of the molecule is C=C(OC[C@H](O)COc1ccccc1)C(C)=O. The average Bonchev–Trinajstić information content (AvgIpc) is 2.34. The van der Waals surface area contributed by atoms with Gasteiger partial charge in [-0.1, -0.05) is 24.8 Å². The molecule has 0 radical (unpaired) electrons. The van der Waals surface area contributed by atoms with Crippen LogP contribution in [-0.4, -0.2) is 30.2 Å². The van der Waals surface area contributed by atoms with Gasteiger partial charge in [-0.15, -0.1) is 0 Å². The Morgan fingerprint density at radius 3 is 2.59 bits per heavy atom. The zero-order valence-electron chi connectivity index (χ0n) is 9.76. The average molecular weight is 236 g/mol. The summed E-state index contributed by atoms with van der Waals surface area (Å²) in [6.45, 7) is 4.87. The quantitative estimate of drug-likeness (QED) is 0.576. The zero-order chi connectivity index (χ0) is 12.7. The number of benzene rings is 1. The van der Waals surface area contributed by atoms with Crippen molar-refractivity contribution in [3.63, 3.8) is 0 Å². The van der Waals surface area contributed by atoms with E-state index in [1.807, 2.05) is 18.2 Å². The topological polar surface area (TPSA) is 55.8 Å². The van der Waals surface area contributed by atoms with Crippen molar-refractivity contribution in [2.75, 3.05) is 13.2 Å². The lowest BCUT2D eigenvalue weighted by atomic mass is 10.3. The van der Waals surface area contributed by atoms with Gasteiger partial charge in [-0.2, -0.15) is 0 Å². The van der Waals surface area contributed by atoms with E-state index in [4.69, 9.17) is 9.47 Å². The van der Waals surface area contributed by atoms with Crippen LogP contribution >= 0.6 is 0 Å². The van der Waals surface area contributed by atoms with Gasteiger partial charge in [0.25, 0.3) is 0 Å². The van der Waals surface area contributed by atoms with E-state index in [1.165, 1.54) is 6.92 Å². The normalized spacial score (nSPS) is 11.6. The second kappa shape index (κ2) is 6.70. The van der Waals surface area contributed by atoms with E-state index in [0.29, 0.717) is 5.75 Å². The van der Waals surface area contributed by atoms with Crippen LogP contribution in [0.2, 0.25) is 0 Å². The van der Waals surface area contributed by atoms with Gasteiger partial charge >= 0.3 is 0 Å². The molecule has 0 aliphatic carbocycles. The number of aliphatic hydroxyl groups excluding tert-OH is 1. The minimum absolute atomic E-state index is 0.00868. The number of ether oxygens (including phenoxy) is 2. The van der Waals surface area contributed by atoms with E-state index in [9.17, 15) is 9.90 Å². The predicted molar refractivity (Wildman–Crippen MR) is 63.7 cm³/mol. The summed E-state index contributed by atoms with van der Waals surface area (Å²) in [5.41, 5.74) is 0. The lowest BCUT2D eigenvalue weighted by Gasteiger charge is -2.13. The number of hydrogen-bond donors (Lipinski definition) is 1. The summed E-state index contributed by atoms with van der Waals surface area (Å²) in [7, 11) is 0. The van der Waals surface area contributed by atoms with Crippen LogP contribution in [0.4, 0.5) is 0 Å². The molecule has 0 heterocycles. The molecule has 0 aromatic heterocycles. The molecular formula is C13H16O4. The number of Topliss-reactive ketones (excluding diaryl/α,β-unsaturated/α-hetero) is 1. The van der Waals surface area contributed by atoms with Crippen LogP contribution in [0.3, 0.4) is 0 Å². The number of rotatable bonds is 7. The summed E-state index contributed by atoms with van der Waals surface area (Å²) < 4.78 is 10.3. The van der Waals surface area contributed by atoms with E-state index < -0.39 is 6.10 Å². The predicted octanol–water partition coefficient (Wildman–Crippen LogP) is 1.55. The van der Waals surface area contributed by atoms with Gasteiger partial charge in [0.2, 0.25) is 0 Å². The fourth-order valence-electron chi connectivity index (χ4n) is 1.06. The van der Waals surface area contributed by atoms with Crippen LogP contribution in [0, 0.1) is 0 Å². The summed E-state index contributed by atoms with van der Waals surface area (Å²) in [5.74, 6) is 0.474. The second-order valence-corrected chi connectivity index (χ2v) is 3.57. The van der Waals surface area contributed by atoms with Gasteiger partial charge in [-0.05, 0) is 12.1 Å². The first-order valence-corrected chi connectivity index (χ1v) is 5.28. The van der Waals surface area contributed by atoms with Crippen molar-refractivity contribution in [2.24, 2.45) is 0 Å². The van der Waals surface area contributed by atoms with Gasteiger partial charge in [0, 0.05) is 6.92 Å². The first kappa shape index (κ1) is 13.3. The summed E-state index contributed by atoms with van der Waals surface area (Å²) in [6.07, 6.45) is -0.800. The molecule has 1 aromatic rings. The van der Waals surface area contributed by atoms with Gasteiger partial charge in [0.15, 0.2) is 11.5 Å². The molecule has 0 unspecified atom stereocenters. The van der Waals surface area contributed by atoms with Crippen LogP contribution in [0.1, 0.15) is 6.92 Å². The second-order valence-electron chi connectivity index (χ2n) is 3.57. The Morgan fingerprint density at radius 1 is 1.35 bits per heavy atom. The monoisotopic (exact) mass is 236 g/mol. The van der Waals surface area contributed by atoms with Crippen LogP contribution in [0.5, 0.6) is 5.75 Å². The maximum atomic E-state index is 10.8. The standard InChI is InChI=1S/C13H16O4/c1-10(14)11(2)16-8-12(15)9-17-13-6-4-3-5-7-13/h3-7,12,15H,2,8-9H2,1H3/t12-/m0/s1. The van der Waals surface area contributed by atoms with Gasteiger partial charge in [-0.25, -0.2) is 0 Å². The van der Waals surface area contributed by atoms with Crippen molar-refractivity contribution in [3.8, 4) is 5.75 Å². The Labute approximate surface area is 100 Å². The number of aliphatic hydroxyl groups is 1.